The van der Waals surface area contributed by atoms with Crippen molar-refractivity contribution in [3.63, 3.8) is 0 Å². The van der Waals surface area contributed by atoms with E-state index in [1.165, 1.54) is 18.2 Å². The zero-order chi connectivity index (χ0) is 22.0. The fourth-order valence-electron chi connectivity index (χ4n) is 1.96. The summed E-state index contributed by atoms with van der Waals surface area (Å²) >= 11 is 0. The predicted molar refractivity (Wildman–Crippen MR) is 88.5 cm³/mol. The van der Waals surface area contributed by atoms with E-state index in [1.807, 2.05) is 6.92 Å². The minimum absolute atomic E-state index is 0.0763. The number of benzene rings is 1. The molecule has 5 nitrogen and oxygen atoms in total. The number of aliphatic hydroxyl groups is 1. The maximum absolute atomic E-state index is 12.7. The number of halogens is 6. The minimum Gasteiger partial charge on any atom is -0.493 e. The summed E-state index contributed by atoms with van der Waals surface area (Å²) in [5, 5.41) is 24.0. The second kappa shape index (κ2) is 11.5. The van der Waals surface area contributed by atoms with Gasteiger partial charge in [0.25, 0.3) is 0 Å². The summed E-state index contributed by atoms with van der Waals surface area (Å²) in [7, 11) is 0. The number of carbonyl (C=O) groups is 1. The van der Waals surface area contributed by atoms with Crippen LogP contribution in [0.3, 0.4) is 0 Å². The van der Waals surface area contributed by atoms with Crippen molar-refractivity contribution in [2.45, 2.75) is 38.5 Å². The molecule has 0 amide bonds. The summed E-state index contributed by atoms with van der Waals surface area (Å²) in [6, 6.07) is 5.08. The molecule has 0 bridgehead atoms. The maximum Gasteiger partial charge on any atom is 0.490 e. The summed E-state index contributed by atoms with van der Waals surface area (Å²) in [6.07, 6.45) is -7.99. The van der Waals surface area contributed by atoms with E-state index < -0.39 is 23.9 Å². The number of ether oxygens (including phenoxy) is 1. The quantitative estimate of drug-likeness (QED) is 0.329. The van der Waals surface area contributed by atoms with Gasteiger partial charge >= 0.3 is 18.3 Å². The van der Waals surface area contributed by atoms with E-state index in [1.54, 1.807) is 0 Å². The number of para-hydroxylation sites is 1. The van der Waals surface area contributed by atoms with Gasteiger partial charge in [-0.05, 0) is 31.4 Å². The zero-order valence-corrected chi connectivity index (χ0v) is 14.9. The summed E-state index contributed by atoms with van der Waals surface area (Å²) in [4.78, 5) is 8.90. The normalized spacial score (nSPS) is 12.6. The lowest BCUT2D eigenvalue weighted by Crippen LogP contribution is -2.21. The number of carboxylic acid groups (broad SMARTS) is 1. The molecule has 0 heterocycles. The second-order valence-corrected chi connectivity index (χ2v) is 5.56. The standard InChI is InChI=1S/C15H20F3NO2.C2HF3O2/c1-2-11(10-20)13(19)7-5-9-21-14-8-4-3-6-12(14)15(16,17)18;3-2(4,5)1(6)7/h3-4,6,8,11,19-20H,2,5,7,9-10H2,1H3;(H,6,7)/t11-;/m0./s1. The van der Waals surface area contributed by atoms with Crippen molar-refractivity contribution in [2.75, 3.05) is 13.2 Å². The zero-order valence-electron chi connectivity index (χ0n) is 14.9. The number of aliphatic hydroxyl groups excluding tert-OH is 1. The van der Waals surface area contributed by atoms with Gasteiger partial charge in [0.15, 0.2) is 0 Å². The van der Waals surface area contributed by atoms with Crippen LogP contribution in [0.2, 0.25) is 0 Å². The van der Waals surface area contributed by atoms with Crippen LogP contribution in [-0.2, 0) is 11.0 Å². The monoisotopic (exact) mass is 417 g/mol. The highest BCUT2D eigenvalue weighted by Crippen LogP contribution is 2.35. The highest BCUT2D eigenvalue weighted by molar-refractivity contribution is 5.83. The van der Waals surface area contributed by atoms with Crippen molar-refractivity contribution in [1.82, 2.24) is 0 Å². The molecule has 3 N–H and O–H groups in total. The van der Waals surface area contributed by atoms with Crippen molar-refractivity contribution < 1.29 is 46.1 Å². The van der Waals surface area contributed by atoms with Crippen molar-refractivity contribution >= 4 is 11.7 Å². The minimum atomic E-state index is -5.08. The van der Waals surface area contributed by atoms with Gasteiger partial charge in [-0.15, -0.1) is 0 Å². The Hall–Kier alpha value is -2.30. The molecule has 0 saturated heterocycles. The fourth-order valence-corrected chi connectivity index (χ4v) is 1.96. The molecule has 0 spiro atoms. The first-order valence-corrected chi connectivity index (χ1v) is 8.11. The Morgan fingerprint density at radius 1 is 1.18 bits per heavy atom. The van der Waals surface area contributed by atoms with Gasteiger partial charge in [-0.3, -0.25) is 0 Å². The molecule has 0 unspecified atom stereocenters. The molecule has 11 heteroatoms. The third kappa shape index (κ3) is 9.58. The van der Waals surface area contributed by atoms with Gasteiger partial charge in [0.2, 0.25) is 0 Å². The van der Waals surface area contributed by atoms with Gasteiger partial charge in [0.05, 0.1) is 18.8 Å². The van der Waals surface area contributed by atoms with Crippen LogP contribution in [-0.4, -0.2) is 41.3 Å². The predicted octanol–water partition coefficient (Wildman–Crippen LogP) is 4.54. The lowest BCUT2D eigenvalue weighted by molar-refractivity contribution is -0.192. The molecule has 0 aromatic heterocycles. The SMILES string of the molecule is CC[C@@H](CO)C(=N)CCCOc1ccccc1C(F)(F)F.O=C(O)C(F)(F)F. The van der Waals surface area contributed by atoms with Gasteiger partial charge in [0.1, 0.15) is 5.75 Å². The Bertz CT molecular complexity index is 627. The number of hydrogen-bond donors (Lipinski definition) is 3. The van der Waals surface area contributed by atoms with Gasteiger partial charge in [-0.25, -0.2) is 4.79 Å². The van der Waals surface area contributed by atoms with Gasteiger partial charge in [0, 0.05) is 11.6 Å². The van der Waals surface area contributed by atoms with Crippen LogP contribution < -0.4 is 4.74 Å². The molecular formula is C17H21F6NO4. The molecule has 1 aromatic carbocycles. The summed E-state index contributed by atoms with van der Waals surface area (Å²) in [5.41, 5.74) is -0.380. The Kier molecular flexibility index (Phi) is 10.6. The summed E-state index contributed by atoms with van der Waals surface area (Å²) < 4.78 is 75.1. The van der Waals surface area contributed by atoms with Gasteiger partial charge < -0.3 is 20.4 Å². The first-order chi connectivity index (χ1) is 12.8. The molecule has 0 radical (unpaired) electrons. The van der Waals surface area contributed by atoms with E-state index >= 15 is 0 Å². The Morgan fingerprint density at radius 2 is 1.71 bits per heavy atom. The molecule has 1 rings (SSSR count). The number of nitrogens with one attached hydrogen (secondary N) is 1. The van der Waals surface area contributed by atoms with E-state index in [0.29, 0.717) is 25.0 Å². The molecule has 0 aliphatic heterocycles. The smallest absolute Gasteiger partial charge is 0.490 e. The van der Waals surface area contributed by atoms with E-state index in [2.05, 4.69) is 0 Å². The number of alkyl halides is 6. The molecule has 0 aliphatic rings. The van der Waals surface area contributed by atoms with E-state index in [9.17, 15) is 26.3 Å². The number of aliphatic carboxylic acids is 1. The molecule has 0 aliphatic carbocycles. The highest BCUT2D eigenvalue weighted by atomic mass is 19.4. The van der Waals surface area contributed by atoms with Crippen molar-refractivity contribution in [1.29, 1.82) is 5.41 Å². The Labute approximate surface area is 157 Å². The lowest BCUT2D eigenvalue weighted by Gasteiger charge is -2.15. The molecular weight excluding hydrogens is 396 g/mol. The maximum atomic E-state index is 12.7. The molecule has 0 fully saturated rings. The van der Waals surface area contributed by atoms with E-state index in [-0.39, 0.29) is 24.9 Å². The third-order valence-electron chi connectivity index (χ3n) is 3.49. The number of carboxylic acids is 1. The average Bonchev–Trinajstić information content (AvgIpc) is 2.59. The molecule has 28 heavy (non-hydrogen) atoms. The van der Waals surface area contributed by atoms with Crippen LogP contribution in [0.5, 0.6) is 5.75 Å². The molecule has 1 atom stereocenters. The molecule has 160 valence electrons. The molecule has 0 saturated carbocycles. The van der Waals surface area contributed by atoms with Gasteiger partial charge in [-0.2, -0.15) is 26.3 Å². The highest BCUT2D eigenvalue weighted by Gasteiger charge is 2.38. The number of rotatable bonds is 8. The van der Waals surface area contributed by atoms with E-state index in [4.69, 9.17) is 25.2 Å². The molecule has 1 aromatic rings. The van der Waals surface area contributed by atoms with Crippen LogP contribution in [0, 0.1) is 11.3 Å². The van der Waals surface area contributed by atoms with Crippen LogP contribution in [0.1, 0.15) is 31.7 Å². The van der Waals surface area contributed by atoms with Crippen molar-refractivity contribution in [3.05, 3.63) is 29.8 Å². The number of hydrogen-bond acceptors (Lipinski definition) is 4. The largest absolute Gasteiger partial charge is 0.493 e. The fraction of sp³-hybridized carbons (Fsp3) is 0.529. The second-order valence-electron chi connectivity index (χ2n) is 5.56. The lowest BCUT2D eigenvalue weighted by atomic mass is 9.98. The van der Waals surface area contributed by atoms with Crippen molar-refractivity contribution in [2.24, 2.45) is 5.92 Å². The Balaban J connectivity index is 0.000000887. The third-order valence-corrected chi connectivity index (χ3v) is 3.49. The van der Waals surface area contributed by atoms with Crippen LogP contribution >= 0.6 is 0 Å². The van der Waals surface area contributed by atoms with Crippen LogP contribution in [0.4, 0.5) is 26.3 Å². The Morgan fingerprint density at radius 3 is 2.14 bits per heavy atom. The van der Waals surface area contributed by atoms with E-state index in [0.717, 1.165) is 6.07 Å². The first kappa shape index (κ1) is 25.7. The first-order valence-electron chi connectivity index (χ1n) is 8.11. The van der Waals surface area contributed by atoms with Crippen LogP contribution in [0.25, 0.3) is 0 Å². The van der Waals surface area contributed by atoms with Gasteiger partial charge in [-0.1, -0.05) is 19.1 Å². The topological polar surface area (TPSA) is 90.6 Å². The average molecular weight is 417 g/mol. The van der Waals surface area contributed by atoms with Crippen molar-refractivity contribution in [3.8, 4) is 5.75 Å². The summed E-state index contributed by atoms with van der Waals surface area (Å²) in [6.45, 7) is 1.91. The summed E-state index contributed by atoms with van der Waals surface area (Å²) in [5.74, 6) is -3.12. The van der Waals surface area contributed by atoms with Crippen LogP contribution in [0.15, 0.2) is 24.3 Å².